The molecule has 0 amide bonds. The topological polar surface area (TPSA) is 44.0 Å². The minimum atomic E-state index is 0.992. The van der Waals surface area contributed by atoms with Gasteiger partial charge in [0, 0.05) is 20.1 Å². The SMILES string of the molecule is CN1CCNc2[nH]ncc21. The van der Waals surface area contributed by atoms with Crippen molar-refractivity contribution in [1.82, 2.24) is 10.2 Å². The zero-order valence-corrected chi connectivity index (χ0v) is 5.89. The molecule has 2 N–H and O–H groups in total. The first-order valence-corrected chi connectivity index (χ1v) is 3.36. The molecule has 0 radical (unpaired) electrons. The van der Waals surface area contributed by atoms with Gasteiger partial charge in [0.1, 0.15) is 5.82 Å². The molecule has 2 heterocycles. The van der Waals surface area contributed by atoms with Gasteiger partial charge in [-0.1, -0.05) is 0 Å². The molecule has 0 aliphatic carbocycles. The van der Waals surface area contributed by atoms with Crippen LogP contribution in [-0.2, 0) is 0 Å². The molecular weight excluding hydrogens is 128 g/mol. The van der Waals surface area contributed by atoms with Crippen molar-refractivity contribution in [3.05, 3.63) is 6.20 Å². The molecule has 0 aromatic carbocycles. The van der Waals surface area contributed by atoms with E-state index in [9.17, 15) is 0 Å². The average molecular weight is 138 g/mol. The van der Waals surface area contributed by atoms with E-state index in [-0.39, 0.29) is 0 Å². The molecule has 2 rings (SSSR count). The molecule has 10 heavy (non-hydrogen) atoms. The Balaban J connectivity index is 2.41. The highest BCUT2D eigenvalue weighted by Crippen LogP contribution is 2.23. The molecule has 4 nitrogen and oxygen atoms in total. The summed E-state index contributed by atoms with van der Waals surface area (Å²) in [6.45, 7) is 2.04. The Hall–Kier alpha value is -1.19. The highest BCUT2D eigenvalue weighted by molar-refractivity contribution is 5.66. The van der Waals surface area contributed by atoms with Crippen LogP contribution in [0.25, 0.3) is 0 Å². The number of anilines is 2. The number of aromatic nitrogens is 2. The molecular formula is C6H10N4. The summed E-state index contributed by atoms with van der Waals surface area (Å²) in [7, 11) is 2.06. The normalized spacial score (nSPS) is 16.3. The van der Waals surface area contributed by atoms with Crippen LogP contribution in [0.3, 0.4) is 0 Å². The Bertz CT molecular complexity index is 229. The van der Waals surface area contributed by atoms with Gasteiger partial charge in [0.05, 0.1) is 11.9 Å². The molecule has 1 aliphatic rings. The molecule has 0 atom stereocenters. The second-order valence-corrected chi connectivity index (χ2v) is 2.48. The molecule has 0 bridgehead atoms. The summed E-state index contributed by atoms with van der Waals surface area (Å²) >= 11 is 0. The van der Waals surface area contributed by atoms with Gasteiger partial charge in [-0.25, -0.2) is 0 Å². The maximum atomic E-state index is 3.93. The lowest BCUT2D eigenvalue weighted by Crippen LogP contribution is -2.29. The quantitative estimate of drug-likeness (QED) is 0.541. The van der Waals surface area contributed by atoms with Gasteiger partial charge in [-0.2, -0.15) is 5.10 Å². The number of hydrogen-bond donors (Lipinski definition) is 2. The molecule has 0 spiro atoms. The van der Waals surface area contributed by atoms with Crippen LogP contribution in [0.5, 0.6) is 0 Å². The van der Waals surface area contributed by atoms with Crippen LogP contribution >= 0.6 is 0 Å². The standard InChI is InChI=1S/C6H10N4/c1-10-3-2-7-6-5(10)4-8-9-6/h4H,2-3H2,1H3,(H2,7,8,9). The molecule has 0 fully saturated rings. The zero-order chi connectivity index (χ0) is 6.97. The number of fused-ring (bicyclic) bond motifs is 1. The third kappa shape index (κ3) is 0.650. The van der Waals surface area contributed by atoms with Crippen molar-refractivity contribution in [1.29, 1.82) is 0 Å². The van der Waals surface area contributed by atoms with Crippen LogP contribution < -0.4 is 10.2 Å². The van der Waals surface area contributed by atoms with Gasteiger partial charge in [0.25, 0.3) is 0 Å². The van der Waals surface area contributed by atoms with E-state index in [4.69, 9.17) is 0 Å². The van der Waals surface area contributed by atoms with Gasteiger partial charge in [-0.3, -0.25) is 5.10 Å². The third-order valence-corrected chi connectivity index (χ3v) is 1.78. The van der Waals surface area contributed by atoms with Crippen molar-refractivity contribution >= 4 is 11.5 Å². The molecule has 0 saturated carbocycles. The summed E-state index contributed by atoms with van der Waals surface area (Å²) in [4.78, 5) is 2.18. The predicted molar refractivity (Wildman–Crippen MR) is 40.3 cm³/mol. The van der Waals surface area contributed by atoms with E-state index in [1.165, 1.54) is 0 Å². The van der Waals surface area contributed by atoms with Gasteiger partial charge >= 0.3 is 0 Å². The van der Waals surface area contributed by atoms with Crippen LogP contribution in [0.15, 0.2) is 6.20 Å². The van der Waals surface area contributed by atoms with E-state index in [2.05, 4.69) is 27.5 Å². The second-order valence-electron chi connectivity index (χ2n) is 2.48. The largest absolute Gasteiger partial charge is 0.369 e. The maximum absolute atomic E-state index is 3.93. The number of H-pyrrole nitrogens is 1. The van der Waals surface area contributed by atoms with Crippen molar-refractivity contribution in [3.63, 3.8) is 0 Å². The van der Waals surface area contributed by atoms with E-state index in [0.29, 0.717) is 0 Å². The first kappa shape index (κ1) is 5.58. The Morgan fingerprint density at radius 1 is 1.70 bits per heavy atom. The highest BCUT2D eigenvalue weighted by atomic mass is 15.3. The summed E-state index contributed by atoms with van der Waals surface area (Å²) in [6.07, 6.45) is 1.83. The van der Waals surface area contributed by atoms with E-state index in [1.807, 2.05) is 6.20 Å². The van der Waals surface area contributed by atoms with Crippen LogP contribution in [0.2, 0.25) is 0 Å². The summed E-state index contributed by atoms with van der Waals surface area (Å²) in [6, 6.07) is 0. The zero-order valence-electron chi connectivity index (χ0n) is 5.89. The monoisotopic (exact) mass is 138 g/mol. The molecule has 0 saturated heterocycles. The van der Waals surface area contributed by atoms with Crippen LogP contribution in [0.4, 0.5) is 11.5 Å². The van der Waals surface area contributed by atoms with Crippen molar-refractivity contribution in [3.8, 4) is 0 Å². The minimum absolute atomic E-state index is 0.992. The first-order chi connectivity index (χ1) is 4.88. The Morgan fingerprint density at radius 2 is 2.60 bits per heavy atom. The van der Waals surface area contributed by atoms with Crippen molar-refractivity contribution in [2.45, 2.75) is 0 Å². The number of rotatable bonds is 0. The number of aromatic amines is 1. The predicted octanol–water partition coefficient (Wildman–Crippen LogP) is 0.271. The fraction of sp³-hybridized carbons (Fsp3) is 0.500. The fourth-order valence-electron chi connectivity index (χ4n) is 1.17. The summed E-state index contributed by atoms with van der Waals surface area (Å²) in [5, 5.41) is 10.0. The van der Waals surface area contributed by atoms with E-state index in [0.717, 1.165) is 24.6 Å². The van der Waals surface area contributed by atoms with Gasteiger partial charge in [0.2, 0.25) is 0 Å². The summed E-state index contributed by atoms with van der Waals surface area (Å²) < 4.78 is 0. The molecule has 1 aromatic heterocycles. The first-order valence-electron chi connectivity index (χ1n) is 3.36. The molecule has 1 aliphatic heterocycles. The number of nitrogens with one attached hydrogen (secondary N) is 2. The Kier molecular flexibility index (Phi) is 1.06. The summed E-state index contributed by atoms with van der Waals surface area (Å²) in [5.41, 5.74) is 1.16. The summed E-state index contributed by atoms with van der Waals surface area (Å²) in [5.74, 6) is 1.04. The van der Waals surface area contributed by atoms with Crippen LogP contribution in [-0.4, -0.2) is 30.3 Å². The van der Waals surface area contributed by atoms with E-state index >= 15 is 0 Å². The lowest BCUT2D eigenvalue weighted by Gasteiger charge is -2.24. The van der Waals surface area contributed by atoms with E-state index < -0.39 is 0 Å². The third-order valence-electron chi connectivity index (χ3n) is 1.78. The van der Waals surface area contributed by atoms with Crippen molar-refractivity contribution < 1.29 is 0 Å². The van der Waals surface area contributed by atoms with Gasteiger partial charge in [-0.15, -0.1) is 0 Å². The highest BCUT2D eigenvalue weighted by Gasteiger charge is 2.13. The Morgan fingerprint density at radius 3 is 3.40 bits per heavy atom. The second kappa shape index (κ2) is 1.90. The molecule has 0 unspecified atom stereocenters. The van der Waals surface area contributed by atoms with Gasteiger partial charge < -0.3 is 10.2 Å². The number of likely N-dealkylation sites (N-methyl/N-ethyl adjacent to an activating group) is 1. The van der Waals surface area contributed by atoms with Crippen molar-refractivity contribution in [2.24, 2.45) is 0 Å². The lowest BCUT2D eigenvalue weighted by molar-refractivity contribution is 0.883. The number of nitrogens with zero attached hydrogens (tertiary/aromatic N) is 2. The van der Waals surface area contributed by atoms with Crippen molar-refractivity contribution in [2.75, 3.05) is 30.4 Å². The lowest BCUT2D eigenvalue weighted by atomic mass is 10.3. The fourth-order valence-corrected chi connectivity index (χ4v) is 1.17. The molecule has 1 aromatic rings. The minimum Gasteiger partial charge on any atom is -0.369 e. The van der Waals surface area contributed by atoms with Gasteiger partial charge in [0.15, 0.2) is 0 Å². The smallest absolute Gasteiger partial charge is 0.145 e. The average Bonchev–Trinajstić information content (AvgIpc) is 2.36. The molecule has 4 heteroatoms. The van der Waals surface area contributed by atoms with Gasteiger partial charge in [-0.05, 0) is 0 Å². The molecule has 54 valence electrons. The number of hydrogen-bond acceptors (Lipinski definition) is 3. The van der Waals surface area contributed by atoms with Crippen LogP contribution in [0, 0.1) is 0 Å². The Labute approximate surface area is 59.2 Å². The maximum Gasteiger partial charge on any atom is 0.145 e. The van der Waals surface area contributed by atoms with Crippen LogP contribution in [0.1, 0.15) is 0 Å². The van der Waals surface area contributed by atoms with E-state index in [1.54, 1.807) is 0 Å².